The number of amides is 1. The van der Waals surface area contributed by atoms with Crippen molar-refractivity contribution < 1.29 is 9.53 Å². The molecule has 1 N–H and O–H groups in total. The number of carbonyl (C=O) groups excluding carboxylic acids is 1. The molecule has 0 unspecified atom stereocenters. The Hall–Kier alpha value is -2.09. The van der Waals surface area contributed by atoms with E-state index in [2.05, 4.69) is 27.6 Å². The van der Waals surface area contributed by atoms with Gasteiger partial charge in [0.1, 0.15) is 5.01 Å². The molecule has 0 bridgehead atoms. The highest BCUT2D eigenvalue weighted by Crippen LogP contribution is 2.54. The monoisotopic (exact) mass is 371 g/mol. The molecule has 4 rings (SSSR count). The third-order valence-electron chi connectivity index (χ3n) is 4.38. The summed E-state index contributed by atoms with van der Waals surface area (Å²) < 4.78 is 5.13. The summed E-state index contributed by atoms with van der Waals surface area (Å²) >= 11 is 2.86. The second kappa shape index (κ2) is 6.67. The molecule has 1 aliphatic rings. The zero-order chi connectivity index (χ0) is 17.3. The highest BCUT2D eigenvalue weighted by atomic mass is 32.1. The summed E-state index contributed by atoms with van der Waals surface area (Å²) in [6.45, 7) is 0.421. The zero-order valence-electron chi connectivity index (χ0n) is 13.7. The van der Waals surface area contributed by atoms with Crippen LogP contribution in [0.2, 0.25) is 0 Å². The predicted octanol–water partition coefficient (Wildman–Crippen LogP) is 4.08. The Balaban J connectivity index is 1.52. The van der Waals surface area contributed by atoms with Crippen molar-refractivity contribution in [1.82, 2.24) is 10.2 Å². The number of rotatable bonds is 6. The van der Waals surface area contributed by atoms with E-state index in [1.807, 2.05) is 29.6 Å². The van der Waals surface area contributed by atoms with Crippen LogP contribution in [0.5, 0.6) is 0 Å². The largest absolute Gasteiger partial charge is 0.380 e. The summed E-state index contributed by atoms with van der Waals surface area (Å²) in [6, 6.07) is 12.3. The van der Waals surface area contributed by atoms with Gasteiger partial charge in [-0.3, -0.25) is 10.1 Å². The number of nitrogens with zero attached hydrogens (tertiary/aromatic N) is 2. The number of ether oxygens (including phenoxy) is 1. The van der Waals surface area contributed by atoms with Gasteiger partial charge in [0, 0.05) is 18.1 Å². The SMILES string of the molecule is COCc1ccsc1C(=O)Nc1nnc(C2(c3ccccc3)CC2)s1. The van der Waals surface area contributed by atoms with Crippen LogP contribution in [0.25, 0.3) is 0 Å². The minimum absolute atomic E-state index is 0.0218. The number of methoxy groups -OCH3 is 1. The van der Waals surface area contributed by atoms with Crippen LogP contribution in [0.15, 0.2) is 41.8 Å². The van der Waals surface area contributed by atoms with Gasteiger partial charge in [-0.25, -0.2) is 0 Å². The molecule has 1 aliphatic carbocycles. The Morgan fingerprint density at radius 2 is 2.04 bits per heavy atom. The second-order valence-corrected chi connectivity index (χ2v) is 7.92. The Labute approximate surface area is 153 Å². The summed E-state index contributed by atoms with van der Waals surface area (Å²) in [5.41, 5.74) is 2.13. The van der Waals surface area contributed by atoms with Gasteiger partial charge >= 0.3 is 0 Å². The number of aromatic nitrogens is 2. The topological polar surface area (TPSA) is 64.1 Å². The quantitative estimate of drug-likeness (QED) is 0.709. The minimum atomic E-state index is -0.158. The summed E-state index contributed by atoms with van der Waals surface area (Å²) in [5, 5.41) is 14.8. The lowest BCUT2D eigenvalue weighted by Gasteiger charge is -2.11. The van der Waals surface area contributed by atoms with Gasteiger partial charge in [0.15, 0.2) is 0 Å². The summed E-state index contributed by atoms with van der Waals surface area (Å²) in [4.78, 5) is 13.2. The van der Waals surface area contributed by atoms with Crippen LogP contribution in [-0.4, -0.2) is 23.2 Å². The molecular formula is C18H17N3O2S2. The Morgan fingerprint density at radius 3 is 2.76 bits per heavy atom. The maximum Gasteiger partial charge on any atom is 0.267 e. The van der Waals surface area contributed by atoms with E-state index in [4.69, 9.17) is 4.74 Å². The van der Waals surface area contributed by atoms with Crippen molar-refractivity contribution in [3.8, 4) is 0 Å². The molecule has 1 amide bonds. The van der Waals surface area contributed by atoms with E-state index >= 15 is 0 Å². The molecule has 0 radical (unpaired) electrons. The smallest absolute Gasteiger partial charge is 0.267 e. The average molecular weight is 371 g/mol. The van der Waals surface area contributed by atoms with Crippen molar-refractivity contribution >= 4 is 33.7 Å². The number of hydrogen-bond donors (Lipinski definition) is 1. The molecule has 3 aromatic rings. The number of anilines is 1. The summed E-state index contributed by atoms with van der Waals surface area (Å²) in [5.74, 6) is -0.158. The number of carbonyl (C=O) groups is 1. The van der Waals surface area contributed by atoms with Crippen molar-refractivity contribution in [2.24, 2.45) is 0 Å². The highest BCUT2D eigenvalue weighted by Gasteiger charge is 2.48. The maximum absolute atomic E-state index is 12.5. The summed E-state index contributed by atoms with van der Waals surface area (Å²) in [6.07, 6.45) is 2.14. The molecular weight excluding hydrogens is 354 g/mol. The van der Waals surface area contributed by atoms with Gasteiger partial charge in [-0.2, -0.15) is 0 Å². The summed E-state index contributed by atoms with van der Waals surface area (Å²) in [7, 11) is 1.62. The molecule has 0 saturated heterocycles. The van der Waals surface area contributed by atoms with E-state index in [9.17, 15) is 4.79 Å². The molecule has 1 fully saturated rings. The lowest BCUT2D eigenvalue weighted by molar-refractivity contribution is 0.102. The number of nitrogens with one attached hydrogen (secondary N) is 1. The van der Waals surface area contributed by atoms with Gasteiger partial charge in [0.2, 0.25) is 5.13 Å². The average Bonchev–Trinajstić information content (AvgIpc) is 3.08. The van der Waals surface area contributed by atoms with Crippen molar-refractivity contribution in [2.75, 3.05) is 12.4 Å². The molecule has 128 valence electrons. The highest BCUT2D eigenvalue weighted by molar-refractivity contribution is 7.16. The van der Waals surface area contributed by atoms with Crippen LogP contribution in [0.3, 0.4) is 0 Å². The second-order valence-electron chi connectivity index (χ2n) is 6.02. The Bertz CT molecular complexity index is 885. The van der Waals surface area contributed by atoms with E-state index in [-0.39, 0.29) is 11.3 Å². The first-order valence-electron chi connectivity index (χ1n) is 7.99. The molecule has 1 saturated carbocycles. The van der Waals surface area contributed by atoms with Crippen LogP contribution in [0.1, 0.15) is 38.6 Å². The van der Waals surface area contributed by atoms with Crippen molar-refractivity contribution in [3.63, 3.8) is 0 Å². The van der Waals surface area contributed by atoms with Crippen molar-refractivity contribution in [2.45, 2.75) is 24.9 Å². The third kappa shape index (κ3) is 3.10. The van der Waals surface area contributed by atoms with Gasteiger partial charge in [-0.1, -0.05) is 41.7 Å². The van der Waals surface area contributed by atoms with Gasteiger partial charge in [-0.05, 0) is 29.9 Å². The first-order chi connectivity index (χ1) is 12.2. The fourth-order valence-electron chi connectivity index (χ4n) is 2.93. The van der Waals surface area contributed by atoms with Crippen LogP contribution >= 0.6 is 22.7 Å². The molecule has 0 atom stereocenters. The van der Waals surface area contributed by atoms with Crippen LogP contribution in [-0.2, 0) is 16.8 Å². The molecule has 0 aliphatic heterocycles. The van der Waals surface area contributed by atoms with Gasteiger partial charge in [-0.15, -0.1) is 21.5 Å². The predicted molar refractivity (Wildman–Crippen MR) is 99.4 cm³/mol. The van der Waals surface area contributed by atoms with E-state index in [1.165, 1.54) is 28.2 Å². The molecule has 7 heteroatoms. The molecule has 2 aromatic heterocycles. The van der Waals surface area contributed by atoms with Crippen LogP contribution < -0.4 is 5.32 Å². The lowest BCUT2D eigenvalue weighted by Crippen LogP contribution is -2.12. The van der Waals surface area contributed by atoms with E-state index in [0.717, 1.165) is 23.4 Å². The van der Waals surface area contributed by atoms with Crippen LogP contribution in [0.4, 0.5) is 5.13 Å². The standard InChI is InChI=1S/C18H17N3O2S2/c1-23-11-12-7-10-24-14(12)15(22)19-17-21-20-16(25-17)18(8-9-18)13-5-3-2-4-6-13/h2-7,10H,8-9,11H2,1H3,(H,19,21,22). The normalized spacial score (nSPS) is 15.1. The maximum atomic E-state index is 12.5. The lowest BCUT2D eigenvalue weighted by atomic mass is 9.97. The van der Waals surface area contributed by atoms with Crippen LogP contribution in [0, 0.1) is 0 Å². The first-order valence-corrected chi connectivity index (χ1v) is 9.69. The molecule has 2 heterocycles. The third-order valence-corrected chi connectivity index (χ3v) is 6.38. The van der Waals surface area contributed by atoms with Gasteiger partial charge in [0.25, 0.3) is 5.91 Å². The fourth-order valence-corrected chi connectivity index (χ4v) is 4.75. The Morgan fingerprint density at radius 1 is 1.24 bits per heavy atom. The van der Waals surface area contributed by atoms with E-state index in [0.29, 0.717) is 16.6 Å². The first kappa shape index (κ1) is 16.4. The van der Waals surface area contributed by atoms with Crippen molar-refractivity contribution in [3.05, 3.63) is 62.8 Å². The van der Waals surface area contributed by atoms with Gasteiger partial charge in [0.05, 0.1) is 11.5 Å². The molecule has 0 spiro atoms. The van der Waals surface area contributed by atoms with E-state index in [1.54, 1.807) is 7.11 Å². The minimum Gasteiger partial charge on any atom is -0.380 e. The Kier molecular flexibility index (Phi) is 4.37. The molecule has 25 heavy (non-hydrogen) atoms. The van der Waals surface area contributed by atoms with E-state index < -0.39 is 0 Å². The zero-order valence-corrected chi connectivity index (χ0v) is 15.3. The fraction of sp³-hybridized carbons (Fsp3) is 0.278. The molecule has 1 aromatic carbocycles. The number of thiophene rings is 1. The number of hydrogen-bond acceptors (Lipinski definition) is 6. The number of benzene rings is 1. The molecule has 5 nitrogen and oxygen atoms in total. The van der Waals surface area contributed by atoms with Gasteiger partial charge < -0.3 is 4.74 Å². The van der Waals surface area contributed by atoms with Crippen molar-refractivity contribution in [1.29, 1.82) is 0 Å².